The van der Waals surface area contributed by atoms with Gasteiger partial charge in [0.15, 0.2) is 5.13 Å². The van der Waals surface area contributed by atoms with Crippen LogP contribution >= 0.6 is 11.3 Å². The summed E-state index contributed by atoms with van der Waals surface area (Å²) in [6.07, 6.45) is -4.81. The zero-order chi connectivity index (χ0) is 21.8. The van der Waals surface area contributed by atoms with Crippen LogP contribution in [0.15, 0.2) is 18.2 Å². The van der Waals surface area contributed by atoms with Gasteiger partial charge in [-0.2, -0.15) is 0 Å². The number of nitrogens with two attached hydrogens (primary N) is 1. The number of aromatic nitrogens is 1. The molecule has 2 aromatic rings. The lowest BCUT2D eigenvalue weighted by molar-refractivity contribution is -0.274. The molecule has 0 saturated heterocycles. The van der Waals surface area contributed by atoms with Crippen molar-refractivity contribution in [2.75, 3.05) is 11.9 Å². The normalized spacial score (nSPS) is 13.4. The second-order valence-corrected chi connectivity index (χ2v) is 7.01. The molecule has 0 aliphatic rings. The van der Waals surface area contributed by atoms with Crippen LogP contribution in [0.5, 0.6) is 5.75 Å². The Bertz CT molecular complexity index is 916. The van der Waals surface area contributed by atoms with Gasteiger partial charge < -0.3 is 26.4 Å². The number of rotatable bonds is 7. The van der Waals surface area contributed by atoms with Crippen LogP contribution in [0.25, 0.3) is 10.2 Å². The van der Waals surface area contributed by atoms with Gasteiger partial charge in [0.1, 0.15) is 11.8 Å². The van der Waals surface area contributed by atoms with Crippen LogP contribution in [0.2, 0.25) is 0 Å². The third-order valence-corrected chi connectivity index (χ3v) is 4.36. The number of carbonyl (C=O) groups is 3. The van der Waals surface area contributed by atoms with Crippen LogP contribution in [0.4, 0.5) is 18.3 Å². The zero-order valence-electron chi connectivity index (χ0n) is 15.3. The minimum Gasteiger partial charge on any atom is -0.406 e. The summed E-state index contributed by atoms with van der Waals surface area (Å²) in [4.78, 5) is 39.4. The second-order valence-electron chi connectivity index (χ2n) is 5.98. The highest BCUT2D eigenvalue weighted by Gasteiger charge is 2.31. The molecule has 3 amide bonds. The Morgan fingerprint density at radius 1 is 1.24 bits per heavy atom. The highest BCUT2D eigenvalue weighted by Crippen LogP contribution is 2.31. The molecular formula is C16H18F3N5O4S. The van der Waals surface area contributed by atoms with Gasteiger partial charge >= 0.3 is 6.36 Å². The van der Waals surface area contributed by atoms with E-state index in [1.165, 1.54) is 19.9 Å². The fourth-order valence-corrected chi connectivity index (χ4v) is 2.95. The lowest BCUT2D eigenvalue weighted by Crippen LogP contribution is -2.48. The molecule has 9 nitrogen and oxygen atoms in total. The van der Waals surface area contributed by atoms with Gasteiger partial charge in [-0.25, -0.2) is 4.98 Å². The standard InChI is InChI=1S/C16H18F3N5O4S/c1-7(20)13(26)21-6-12(25)22-8(2)14(27)24-15-23-10-4-3-9(5-11(10)29-15)28-16(17,18)19/h3-5,7-8H,6,20H2,1-2H3,(H,21,26)(H,22,25)(H,23,24,27)/t7-,8-/m0/s1. The Hall–Kier alpha value is -2.93. The van der Waals surface area contributed by atoms with E-state index in [0.29, 0.717) is 10.2 Å². The van der Waals surface area contributed by atoms with Gasteiger partial charge in [0.05, 0.1) is 22.8 Å². The van der Waals surface area contributed by atoms with E-state index in [-0.39, 0.29) is 11.7 Å². The van der Waals surface area contributed by atoms with Crippen molar-refractivity contribution in [1.29, 1.82) is 0 Å². The molecule has 5 N–H and O–H groups in total. The van der Waals surface area contributed by atoms with Crippen LogP contribution < -0.4 is 26.4 Å². The smallest absolute Gasteiger partial charge is 0.406 e. The quantitative estimate of drug-likeness (QED) is 0.516. The molecule has 2 rings (SSSR count). The molecule has 0 radical (unpaired) electrons. The summed E-state index contributed by atoms with van der Waals surface area (Å²) in [7, 11) is 0. The maximum atomic E-state index is 12.3. The number of thiazole rings is 1. The highest BCUT2D eigenvalue weighted by molar-refractivity contribution is 7.22. The van der Waals surface area contributed by atoms with Crippen LogP contribution in [-0.2, 0) is 14.4 Å². The average molecular weight is 433 g/mol. The van der Waals surface area contributed by atoms with E-state index in [0.717, 1.165) is 23.5 Å². The van der Waals surface area contributed by atoms with E-state index in [1.54, 1.807) is 0 Å². The molecule has 2 atom stereocenters. The Kier molecular flexibility index (Phi) is 6.97. The maximum absolute atomic E-state index is 12.3. The summed E-state index contributed by atoms with van der Waals surface area (Å²) in [5.41, 5.74) is 5.72. The van der Waals surface area contributed by atoms with Gasteiger partial charge in [-0.3, -0.25) is 14.4 Å². The number of ether oxygens (including phenoxy) is 1. The lowest BCUT2D eigenvalue weighted by Gasteiger charge is -2.13. The minimum atomic E-state index is -4.81. The second kappa shape index (κ2) is 9.05. The largest absolute Gasteiger partial charge is 0.573 e. The number of carbonyl (C=O) groups excluding carboxylic acids is 3. The lowest BCUT2D eigenvalue weighted by atomic mass is 10.3. The molecule has 0 aliphatic heterocycles. The molecule has 158 valence electrons. The van der Waals surface area contributed by atoms with E-state index in [9.17, 15) is 27.6 Å². The molecule has 13 heteroatoms. The zero-order valence-corrected chi connectivity index (χ0v) is 16.1. The van der Waals surface area contributed by atoms with Crippen molar-refractivity contribution in [2.45, 2.75) is 32.3 Å². The van der Waals surface area contributed by atoms with Crippen molar-refractivity contribution in [3.05, 3.63) is 18.2 Å². The molecule has 0 saturated carbocycles. The molecule has 0 aliphatic carbocycles. The first-order valence-corrected chi connectivity index (χ1v) is 9.06. The third-order valence-electron chi connectivity index (χ3n) is 3.43. The number of hydrogen-bond acceptors (Lipinski definition) is 7. The van der Waals surface area contributed by atoms with E-state index < -0.39 is 41.9 Å². The third kappa shape index (κ3) is 6.87. The molecule has 1 aromatic heterocycles. The maximum Gasteiger partial charge on any atom is 0.573 e. The molecule has 1 heterocycles. The van der Waals surface area contributed by atoms with Crippen molar-refractivity contribution in [3.63, 3.8) is 0 Å². The first kappa shape index (κ1) is 22.4. The number of amides is 3. The van der Waals surface area contributed by atoms with E-state index >= 15 is 0 Å². The molecule has 29 heavy (non-hydrogen) atoms. The fraction of sp³-hybridized carbons (Fsp3) is 0.375. The Morgan fingerprint density at radius 2 is 1.93 bits per heavy atom. The van der Waals surface area contributed by atoms with Crippen LogP contribution in [0.3, 0.4) is 0 Å². The average Bonchev–Trinajstić information content (AvgIpc) is 2.99. The number of anilines is 1. The molecule has 1 aromatic carbocycles. The molecular weight excluding hydrogens is 415 g/mol. The summed E-state index contributed by atoms with van der Waals surface area (Å²) < 4.78 is 41.1. The number of alkyl halides is 3. The molecule has 0 fully saturated rings. The van der Waals surface area contributed by atoms with Gasteiger partial charge in [-0.15, -0.1) is 13.2 Å². The first-order chi connectivity index (χ1) is 13.4. The predicted octanol–water partition coefficient (Wildman–Crippen LogP) is 1.10. The van der Waals surface area contributed by atoms with Crippen LogP contribution in [-0.4, -0.2) is 47.7 Å². The number of halogens is 3. The van der Waals surface area contributed by atoms with Gasteiger partial charge in [0.2, 0.25) is 17.7 Å². The monoisotopic (exact) mass is 433 g/mol. The Labute approximate surface area is 166 Å². The van der Waals surface area contributed by atoms with Crippen molar-refractivity contribution in [2.24, 2.45) is 5.73 Å². The van der Waals surface area contributed by atoms with E-state index in [2.05, 4.69) is 25.7 Å². The molecule has 0 spiro atoms. The topological polar surface area (TPSA) is 135 Å². The summed E-state index contributed by atoms with van der Waals surface area (Å²) in [5, 5.41) is 7.30. The first-order valence-electron chi connectivity index (χ1n) is 8.24. The Morgan fingerprint density at radius 3 is 2.55 bits per heavy atom. The number of benzene rings is 1. The predicted molar refractivity (Wildman–Crippen MR) is 99.2 cm³/mol. The van der Waals surface area contributed by atoms with Gasteiger partial charge in [-0.1, -0.05) is 11.3 Å². The number of nitrogens with one attached hydrogen (secondary N) is 3. The Balaban J connectivity index is 1.94. The van der Waals surface area contributed by atoms with E-state index in [4.69, 9.17) is 5.73 Å². The number of nitrogens with zero attached hydrogens (tertiary/aromatic N) is 1. The van der Waals surface area contributed by atoms with Crippen molar-refractivity contribution < 1.29 is 32.3 Å². The number of fused-ring (bicyclic) bond motifs is 1. The highest BCUT2D eigenvalue weighted by atomic mass is 32.1. The fourth-order valence-electron chi connectivity index (χ4n) is 2.06. The SMILES string of the molecule is C[C@H](N)C(=O)NCC(=O)N[C@@H](C)C(=O)Nc1nc2ccc(OC(F)(F)F)cc2s1. The molecule has 0 unspecified atom stereocenters. The van der Waals surface area contributed by atoms with Gasteiger partial charge in [0.25, 0.3) is 0 Å². The van der Waals surface area contributed by atoms with E-state index in [1.807, 2.05) is 0 Å². The van der Waals surface area contributed by atoms with Crippen LogP contribution in [0.1, 0.15) is 13.8 Å². The molecule has 0 bridgehead atoms. The van der Waals surface area contributed by atoms with Crippen molar-refractivity contribution in [3.8, 4) is 5.75 Å². The summed E-state index contributed by atoms with van der Waals surface area (Å²) in [6, 6.07) is 1.87. The summed E-state index contributed by atoms with van der Waals surface area (Å²) in [5.74, 6) is -2.11. The van der Waals surface area contributed by atoms with Gasteiger partial charge in [0, 0.05) is 6.07 Å². The number of hydrogen-bond donors (Lipinski definition) is 4. The van der Waals surface area contributed by atoms with Gasteiger partial charge in [-0.05, 0) is 26.0 Å². The van der Waals surface area contributed by atoms with Crippen LogP contribution in [0, 0.1) is 0 Å². The van der Waals surface area contributed by atoms with Crippen molar-refractivity contribution >= 4 is 44.4 Å². The minimum absolute atomic E-state index is 0.139. The summed E-state index contributed by atoms with van der Waals surface area (Å²) >= 11 is 0.945. The van der Waals surface area contributed by atoms with Crippen molar-refractivity contribution in [1.82, 2.24) is 15.6 Å². The summed E-state index contributed by atoms with van der Waals surface area (Å²) in [6.45, 7) is 2.53.